The van der Waals surface area contributed by atoms with Gasteiger partial charge in [0.1, 0.15) is 5.75 Å². The zero-order valence-corrected chi connectivity index (χ0v) is 14.5. The Bertz CT molecular complexity index is 598. The van der Waals surface area contributed by atoms with E-state index >= 15 is 0 Å². The predicted molar refractivity (Wildman–Crippen MR) is 85.9 cm³/mol. The minimum atomic E-state index is -3.46. The number of nitrogens with zero attached hydrogens (tertiary/aromatic N) is 1. The van der Waals surface area contributed by atoms with Gasteiger partial charge in [0.25, 0.3) is 0 Å². The van der Waals surface area contributed by atoms with Gasteiger partial charge in [0.15, 0.2) is 0 Å². The van der Waals surface area contributed by atoms with E-state index in [4.69, 9.17) is 4.74 Å². The highest BCUT2D eigenvalue weighted by molar-refractivity contribution is 7.89. The number of likely N-dealkylation sites (N-methyl/N-ethyl adjacent to an activating group) is 1. The van der Waals surface area contributed by atoms with Crippen molar-refractivity contribution in [1.29, 1.82) is 0 Å². The van der Waals surface area contributed by atoms with E-state index in [2.05, 4.69) is 5.32 Å². The van der Waals surface area contributed by atoms with Crippen LogP contribution in [0.25, 0.3) is 0 Å². The maximum atomic E-state index is 12.7. The molecular formula is C14H23ClN2O3S. The van der Waals surface area contributed by atoms with Crippen molar-refractivity contribution in [1.82, 2.24) is 9.62 Å². The Hall–Kier alpha value is -0.820. The predicted octanol–water partition coefficient (Wildman–Crippen LogP) is 1.72. The maximum absolute atomic E-state index is 12.7. The summed E-state index contributed by atoms with van der Waals surface area (Å²) in [5, 5.41) is 3.19. The molecule has 1 heterocycles. The first-order valence-electron chi connectivity index (χ1n) is 6.72. The first-order valence-corrected chi connectivity index (χ1v) is 8.16. The van der Waals surface area contributed by atoms with Gasteiger partial charge < -0.3 is 10.1 Å². The van der Waals surface area contributed by atoms with Crippen molar-refractivity contribution in [2.75, 3.05) is 27.2 Å². The van der Waals surface area contributed by atoms with Crippen molar-refractivity contribution < 1.29 is 13.2 Å². The lowest BCUT2D eigenvalue weighted by Gasteiger charge is -2.24. The number of rotatable bonds is 4. The van der Waals surface area contributed by atoms with E-state index in [1.165, 1.54) is 4.31 Å². The minimum Gasteiger partial charge on any atom is -0.496 e. The summed E-state index contributed by atoms with van der Waals surface area (Å²) in [6.45, 7) is 5.24. The Morgan fingerprint density at radius 2 is 1.95 bits per heavy atom. The number of hydrogen-bond donors (Lipinski definition) is 1. The number of hydrogen-bond acceptors (Lipinski definition) is 4. The Labute approximate surface area is 133 Å². The van der Waals surface area contributed by atoms with Gasteiger partial charge in [0, 0.05) is 19.6 Å². The third kappa shape index (κ3) is 3.51. The van der Waals surface area contributed by atoms with E-state index in [-0.39, 0.29) is 18.4 Å². The van der Waals surface area contributed by atoms with Crippen LogP contribution < -0.4 is 10.1 Å². The Morgan fingerprint density at radius 3 is 2.48 bits per heavy atom. The van der Waals surface area contributed by atoms with Crippen molar-refractivity contribution in [3.63, 3.8) is 0 Å². The number of benzene rings is 1. The van der Waals surface area contributed by atoms with Crippen LogP contribution in [-0.2, 0) is 10.0 Å². The first-order chi connectivity index (χ1) is 9.37. The molecule has 1 aromatic carbocycles. The molecule has 1 N–H and O–H groups in total. The largest absolute Gasteiger partial charge is 0.496 e. The topological polar surface area (TPSA) is 58.6 Å². The van der Waals surface area contributed by atoms with Crippen LogP contribution in [-0.4, -0.2) is 46.0 Å². The lowest BCUT2D eigenvalue weighted by molar-refractivity contribution is 0.387. The van der Waals surface area contributed by atoms with E-state index in [0.717, 1.165) is 18.5 Å². The van der Waals surface area contributed by atoms with Crippen molar-refractivity contribution >= 4 is 22.4 Å². The quantitative estimate of drug-likeness (QED) is 0.910. The van der Waals surface area contributed by atoms with Gasteiger partial charge in [-0.1, -0.05) is 0 Å². The summed E-state index contributed by atoms with van der Waals surface area (Å²) in [6, 6.07) is 3.51. The van der Waals surface area contributed by atoms with E-state index < -0.39 is 10.0 Å². The van der Waals surface area contributed by atoms with Crippen LogP contribution in [0.4, 0.5) is 0 Å². The number of halogens is 1. The van der Waals surface area contributed by atoms with Crippen LogP contribution >= 0.6 is 12.4 Å². The lowest BCUT2D eigenvalue weighted by Crippen LogP contribution is -2.38. The molecule has 1 aliphatic heterocycles. The summed E-state index contributed by atoms with van der Waals surface area (Å²) >= 11 is 0. The molecule has 0 radical (unpaired) electrons. The summed E-state index contributed by atoms with van der Waals surface area (Å²) in [4.78, 5) is 0.366. The number of methoxy groups -OCH3 is 1. The van der Waals surface area contributed by atoms with Gasteiger partial charge in [-0.3, -0.25) is 0 Å². The third-order valence-corrected chi connectivity index (χ3v) is 5.95. The summed E-state index contributed by atoms with van der Waals surface area (Å²) < 4.78 is 32.2. The second-order valence-electron chi connectivity index (χ2n) is 5.26. The maximum Gasteiger partial charge on any atom is 0.243 e. The molecule has 1 saturated heterocycles. The van der Waals surface area contributed by atoms with E-state index in [0.29, 0.717) is 22.8 Å². The molecule has 0 spiro atoms. The van der Waals surface area contributed by atoms with Crippen LogP contribution in [0.5, 0.6) is 5.75 Å². The average molecular weight is 335 g/mol. The van der Waals surface area contributed by atoms with Crippen molar-refractivity contribution in [2.45, 2.75) is 31.2 Å². The smallest absolute Gasteiger partial charge is 0.243 e. The van der Waals surface area contributed by atoms with Crippen molar-refractivity contribution in [3.8, 4) is 5.75 Å². The number of nitrogens with one attached hydrogen (secondary N) is 1. The number of aryl methyl sites for hydroxylation is 2. The molecule has 1 unspecified atom stereocenters. The molecule has 120 valence electrons. The monoisotopic (exact) mass is 334 g/mol. The standard InChI is InChI=1S/C14H22N2O3S.ClH/c1-10-8-14(11(2)7-13(10)19-4)20(17,18)16(3)12-5-6-15-9-12;/h7-8,12,15H,5-6,9H2,1-4H3;1H. The zero-order valence-electron chi connectivity index (χ0n) is 12.8. The van der Waals surface area contributed by atoms with Crippen LogP contribution in [0.3, 0.4) is 0 Å². The van der Waals surface area contributed by atoms with Crippen LogP contribution in [0.2, 0.25) is 0 Å². The fourth-order valence-electron chi connectivity index (χ4n) is 2.56. The highest BCUT2D eigenvalue weighted by atomic mass is 35.5. The highest BCUT2D eigenvalue weighted by Gasteiger charge is 2.31. The van der Waals surface area contributed by atoms with Gasteiger partial charge in [-0.25, -0.2) is 8.42 Å². The van der Waals surface area contributed by atoms with E-state index in [1.54, 1.807) is 33.2 Å². The average Bonchev–Trinajstić information content (AvgIpc) is 2.93. The normalized spacial score (nSPS) is 18.6. The number of ether oxygens (including phenoxy) is 1. The van der Waals surface area contributed by atoms with Gasteiger partial charge in [-0.15, -0.1) is 12.4 Å². The van der Waals surface area contributed by atoms with Gasteiger partial charge in [-0.05, 0) is 50.1 Å². The molecule has 2 rings (SSSR count). The molecule has 7 heteroatoms. The van der Waals surface area contributed by atoms with Crippen molar-refractivity contribution in [3.05, 3.63) is 23.3 Å². The van der Waals surface area contributed by atoms with Crippen LogP contribution in [0.1, 0.15) is 17.5 Å². The van der Waals surface area contributed by atoms with Crippen molar-refractivity contribution in [2.24, 2.45) is 0 Å². The summed E-state index contributed by atoms with van der Waals surface area (Å²) in [5.74, 6) is 0.714. The first kappa shape index (κ1) is 18.2. The van der Waals surface area contributed by atoms with Gasteiger partial charge in [-0.2, -0.15) is 4.31 Å². The number of sulfonamides is 1. The SMILES string of the molecule is COc1cc(C)c(S(=O)(=O)N(C)C2CCNC2)cc1C.Cl. The zero-order chi connectivity index (χ0) is 14.9. The molecule has 1 fully saturated rings. The fraction of sp³-hybridized carbons (Fsp3) is 0.571. The Morgan fingerprint density at radius 1 is 1.29 bits per heavy atom. The van der Waals surface area contributed by atoms with Crippen LogP contribution in [0, 0.1) is 13.8 Å². The molecule has 1 aromatic rings. The molecule has 0 aromatic heterocycles. The molecule has 0 aliphatic carbocycles. The molecule has 1 atom stereocenters. The molecular weight excluding hydrogens is 312 g/mol. The minimum absolute atomic E-state index is 0. The Kier molecular flexibility index (Phi) is 6.04. The molecule has 0 saturated carbocycles. The molecule has 21 heavy (non-hydrogen) atoms. The van der Waals surface area contributed by atoms with Gasteiger partial charge in [0.2, 0.25) is 10.0 Å². The second-order valence-corrected chi connectivity index (χ2v) is 7.22. The second kappa shape index (κ2) is 6.96. The Balaban J connectivity index is 0.00000220. The third-order valence-electron chi connectivity index (χ3n) is 3.90. The molecule has 5 nitrogen and oxygen atoms in total. The van der Waals surface area contributed by atoms with E-state index in [1.807, 2.05) is 6.92 Å². The lowest BCUT2D eigenvalue weighted by atomic mass is 10.1. The van der Waals surface area contributed by atoms with Gasteiger partial charge >= 0.3 is 0 Å². The highest BCUT2D eigenvalue weighted by Crippen LogP contribution is 2.28. The molecule has 1 aliphatic rings. The summed E-state index contributed by atoms with van der Waals surface area (Å²) in [5.41, 5.74) is 1.54. The van der Waals surface area contributed by atoms with Gasteiger partial charge in [0.05, 0.1) is 12.0 Å². The molecule has 0 amide bonds. The summed E-state index contributed by atoms with van der Waals surface area (Å²) in [6.07, 6.45) is 0.851. The molecule has 0 bridgehead atoms. The van der Waals surface area contributed by atoms with Crippen LogP contribution in [0.15, 0.2) is 17.0 Å². The van der Waals surface area contributed by atoms with E-state index in [9.17, 15) is 8.42 Å². The fourth-order valence-corrected chi connectivity index (χ4v) is 4.24. The summed E-state index contributed by atoms with van der Waals surface area (Å²) in [7, 11) is -0.214.